The Kier molecular flexibility index (Phi) is 5.77. The molecular weight excluding hydrogens is 452 g/mol. The van der Waals surface area contributed by atoms with E-state index in [2.05, 4.69) is 4.98 Å². The SMILES string of the molecule is COc1ccc(Cn2cnc3c2c(=O)n(Cc2ccccc2)c(=O)n3-c2ccc(Cl)cc2)cc1. The molecule has 7 nitrogen and oxygen atoms in total. The average Bonchev–Trinajstić information content (AvgIpc) is 3.27. The first-order valence-corrected chi connectivity index (χ1v) is 11.1. The van der Waals surface area contributed by atoms with Crippen molar-refractivity contribution >= 4 is 22.8 Å². The molecular formula is C26H21ClN4O3. The van der Waals surface area contributed by atoms with Gasteiger partial charge in [-0.05, 0) is 47.5 Å². The molecule has 5 aromatic rings. The molecule has 2 heterocycles. The van der Waals surface area contributed by atoms with Crippen molar-refractivity contribution in [3.05, 3.63) is 122 Å². The highest BCUT2D eigenvalue weighted by molar-refractivity contribution is 6.30. The van der Waals surface area contributed by atoms with Crippen LogP contribution in [0.5, 0.6) is 5.75 Å². The lowest BCUT2D eigenvalue weighted by Crippen LogP contribution is -2.40. The van der Waals surface area contributed by atoms with Crippen LogP contribution in [0.4, 0.5) is 0 Å². The van der Waals surface area contributed by atoms with Gasteiger partial charge in [0.25, 0.3) is 5.56 Å². The normalized spacial score (nSPS) is 11.1. The molecule has 170 valence electrons. The lowest BCUT2D eigenvalue weighted by atomic mass is 10.2. The molecule has 0 saturated heterocycles. The first-order chi connectivity index (χ1) is 16.5. The van der Waals surface area contributed by atoms with Crippen molar-refractivity contribution in [3.8, 4) is 11.4 Å². The second-order valence-electron chi connectivity index (χ2n) is 7.86. The van der Waals surface area contributed by atoms with Crippen molar-refractivity contribution in [1.29, 1.82) is 0 Å². The first-order valence-electron chi connectivity index (χ1n) is 10.7. The van der Waals surface area contributed by atoms with E-state index in [0.717, 1.165) is 16.9 Å². The van der Waals surface area contributed by atoms with Crippen LogP contribution in [0, 0.1) is 0 Å². The third kappa shape index (κ3) is 4.02. The Labute approximate surface area is 200 Å². The number of aromatic nitrogens is 4. The molecule has 8 heteroatoms. The Hall–Kier alpha value is -4.10. The summed E-state index contributed by atoms with van der Waals surface area (Å²) in [5.41, 5.74) is 2.20. The summed E-state index contributed by atoms with van der Waals surface area (Å²) in [5, 5.41) is 0.552. The highest BCUT2D eigenvalue weighted by Gasteiger charge is 2.19. The van der Waals surface area contributed by atoms with E-state index in [1.165, 1.54) is 9.13 Å². The van der Waals surface area contributed by atoms with Gasteiger partial charge in [-0.2, -0.15) is 0 Å². The highest BCUT2D eigenvalue weighted by Crippen LogP contribution is 2.18. The predicted molar refractivity (Wildman–Crippen MR) is 132 cm³/mol. The van der Waals surface area contributed by atoms with Gasteiger partial charge >= 0.3 is 5.69 Å². The third-order valence-corrected chi connectivity index (χ3v) is 5.93. The van der Waals surface area contributed by atoms with E-state index in [1.807, 2.05) is 54.6 Å². The lowest BCUT2D eigenvalue weighted by molar-refractivity contribution is 0.414. The number of benzene rings is 3. The summed E-state index contributed by atoms with van der Waals surface area (Å²) < 4.78 is 9.71. The van der Waals surface area contributed by atoms with Crippen LogP contribution in [0.25, 0.3) is 16.9 Å². The second-order valence-corrected chi connectivity index (χ2v) is 8.30. The molecule has 0 fully saturated rings. The summed E-state index contributed by atoms with van der Waals surface area (Å²) in [4.78, 5) is 31.6. The van der Waals surface area contributed by atoms with Crippen LogP contribution < -0.4 is 16.0 Å². The number of hydrogen-bond donors (Lipinski definition) is 0. The van der Waals surface area contributed by atoms with Gasteiger partial charge in [-0.1, -0.05) is 54.1 Å². The molecule has 0 bridgehead atoms. The number of nitrogens with zero attached hydrogens (tertiary/aromatic N) is 4. The number of fused-ring (bicyclic) bond motifs is 1. The van der Waals surface area contributed by atoms with Gasteiger partial charge < -0.3 is 9.30 Å². The molecule has 34 heavy (non-hydrogen) atoms. The molecule has 3 aromatic carbocycles. The minimum Gasteiger partial charge on any atom is -0.497 e. The second kappa shape index (κ2) is 9.03. The molecule has 0 radical (unpaired) electrons. The van der Waals surface area contributed by atoms with Crippen LogP contribution in [-0.2, 0) is 13.1 Å². The Bertz CT molecular complexity index is 1570. The lowest BCUT2D eigenvalue weighted by Gasteiger charge is -2.13. The van der Waals surface area contributed by atoms with Crippen molar-refractivity contribution in [2.45, 2.75) is 13.1 Å². The quantitative estimate of drug-likeness (QED) is 0.373. The van der Waals surface area contributed by atoms with Crippen molar-refractivity contribution < 1.29 is 4.74 Å². The molecule has 2 aromatic heterocycles. The van der Waals surface area contributed by atoms with E-state index in [0.29, 0.717) is 28.4 Å². The number of ether oxygens (including phenoxy) is 1. The zero-order valence-electron chi connectivity index (χ0n) is 18.4. The van der Waals surface area contributed by atoms with E-state index in [9.17, 15) is 9.59 Å². The van der Waals surface area contributed by atoms with Crippen LogP contribution >= 0.6 is 11.6 Å². The fraction of sp³-hybridized carbons (Fsp3) is 0.115. The third-order valence-electron chi connectivity index (χ3n) is 5.68. The minimum absolute atomic E-state index is 0.149. The Morgan fingerprint density at radius 3 is 2.21 bits per heavy atom. The molecule has 0 spiro atoms. The van der Waals surface area contributed by atoms with Gasteiger partial charge in [0.1, 0.15) is 5.75 Å². The Morgan fingerprint density at radius 2 is 1.53 bits per heavy atom. The average molecular weight is 473 g/mol. The number of hydrogen-bond acceptors (Lipinski definition) is 4. The first kappa shape index (κ1) is 21.7. The van der Waals surface area contributed by atoms with Crippen LogP contribution in [0.3, 0.4) is 0 Å². The van der Waals surface area contributed by atoms with Crippen molar-refractivity contribution in [2.24, 2.45) is 0 Å². The maximum atomic E-state index is 13.6. The smallest absolute Gasteiger partial charge is 0.337 e. The predicted octanol–water partition coefficient (Wildman–Crippen LogP) is 4.11. The molecule has 0 N–H and O–H groups in total. The number of halogens is 1. The Morgan fingerprint density at radius 1 is 0.853 bits per heavy atom. The van der Waals surface area contributed by atoms with Gasteiger partial charge in [0.05, 0.1) is 25.7 Å². The molecule has 0 aliphatic rings. The Balaban J connectivity index is 1.72. The van der Waals surface area contributed by atoms with Gasteiger partial charge in [-0.3, -0.25) is 9.36 Å². The van der Waals surface area contributed by atoms with E-state index in [4.69, 9.17) is 16.3 Å². The maximum absolute atomic E-state index is 13.6. The highest BCUT2D eigenvalue weighted by atomic mass is 35.5. The maximum Gasteiger partial charge on any atom is 0.337 e. The van der Waals surface area contributed by atoms with E-state index in [-0.39, 0.29) is 12.1 Å². The van der Waals surface area contributed by atoms with E-state index in [1.54, 1.807) is 42.3 Å². The summed E-state index contributed by atoms with van der Waals surface area (Å²) >= 11 is 6.07. The van der Waals surface area contributed by atoms with Crippen molar-refractivity contribution in [3.63, 3.8) is 0 Å². The fourth-order valence-electron chi connectivity index (χ4n) is 3.96. The van der Waals surface area contributed by atoms with Crippen molar-refractivity contribution in [2.75, 3.05) is 7.11 Å². The van der Waals surface area contributed by atoms with Crippen LogP contribution in [0.1, 0.15) is 11.1 Å². The van der Waals surface area contributed by atoms with E-state index < -0.39 is 5.69 Å². The summed E-state index contributed by atoms with van der Waals surface area (Å²) in [6.07, 6.45) is 1.59. The summed E-state index contributed by atoms with van der Waals surface area (Å²) in [6, 6.07) is 23.9. The number of rotatable bonds is 6. The molecule has 5 rings (SSSR count). The molecule has 0 aliphatic carbocycles. The van der Waals surface area contributed by atoms with Gasteiger partial charge in [0, 0.05) is 11.6 Å². The largest absolute Gasteiger partial charge is 0.497 e. The standard InChI is InChI=1S/C26H21ClN4O3/c1-34-22-13-7-19(8-14-22)15-29-17-28-24-23(29)25(32)30(16-18-5-3-2-4-6-18)26(33)31(24)21-11-9-20(27)10-12-21/h2-14,17H,15-16H2,1H3. The number of imidazole rings is 1. The molecule has 0 amide bonds. The summed E-state index contributed by atoms with van der Waals surface area (Å²) in [6.45, 7) is 0.565. The molecule has 0 unspecified atom stereocenters. The van der Waals surface area contributed by atoms with Gasteiger partial charge in [0.2, 0.25) is 0 Å². The number of methoxy groups -OCH3 is 1. The van der Waals surface area contributed by atoms with Crippen LogP contribution in [-0.4, -0.2) is 25.8 Å². The zero-order valence-corrected chi connectivity index (χ0v) is 19.1. The molecule has 0 atom stereocenters. The molecule has 0 saturated carbocycles. The topological polar surface area (TPSA) is 71.1 Å². The van der Waals surface area contributed by atoms with Crippen molar-refractivity contribution in [1.82, 2.24) is 18.7 Å². The fourth-order valence-corrected chi connectivity index (χ4v) is 4.08. The van der Waals surface area contributed by atoms with Crippen LogP contribution in [0.15, 0.2) is 94.8 Å². The summed E-state index contributed by atoms with van der Waals surface area (Å²) in [5.74, 6) is 0.751. The van der Waals surface area contributed by atoms with Gasteiger partial charge in [-0.15, -0.1) is 0 Å². The minimum atomic E-state index is -0.460. The van der Waals surface area contributed by atoms with E-state index >= 15 is 0 Å². The monoisotopic (exact) mass is 472 g/mol. The van der Waals surface area contributed by atoms with Gasteiger partial charge in [0.15, 0.2) is 11.2 Å². The molecule has 0 aliphatic heterocycles. The zero-order chi connectivity index (χ0) is 23.7. The summed E-state index contributed by atoms with van der Waals surface area (Å²) in [7, 11) is 1.61. The van der Waals surface area contributed by atoms with Crippen LogP contribution in [0.2, 0.25) is 5.02 Å². The van der Waals surface area contributed by atoms with Gasteiger partial charge in [-0.25, -0.2) is 14.3 Å².